The highest BCUT2D eigenvalue weighted by Crippen LogP contribution is 2.19. The Hall–Kier alpha value is -0.650. The Labute approximate surface area is 101 Å². The van der Waals surface area contributed by atoms with Gasteiger partial charge in [0.05, 0.1) is 18.1 Å². The molecule has 98 valence electrons. The van der Waals surface area contributed by atoms with E-state index >= 15 is 0 Å². The fourth-order valence-corrected chi connectivity index (χ4v) is 2.28. The molecule has 1 amide bonds. The van der Waals surface area contributed by atoms with E-state index in [0.717, 1.165) is 19.4 Å². The smallest absolute Gasteiger partial charge is 0.222 e. The first-order chi connectivity index (χ1) is 8.18. The molecule has 5 nitrogen and oxygen atoms in total. The Morgan fingerprint density at radius 1 is 1.35 bits per heavy atom. The molecule has 0 saturated carbocycles. The summed E-state index contributed by atoms with van der Waals surface area (Å²) in [5.41, 5.74) is -0.787. The van der Waals surface area contributed by atoms with Crippen molar-refractivity contribution in [3.63, 3.8) is 0 Å². The summed E-state index contributed by atoms with van der Waals surface area (Å²) >= 11 is 0. The quantitative estimate of drug-likeness (QED) is 0.741. The highest BCUT2D eigenvalue weighted by Gasteiger charge is 2.30. The van der Waals surface area contributed by atoms with Gasteiger partial charge in [-0.15, -0.1) is 0 Å². The molecule has 1 unspecified atom stereocenters. The minimum Gasteiger partial charge on any atom is -0.388 e. The van der Waals surface area contributed by atoms with Crippen molar-refractivity contribution in [1.82, 2.24) is 5.32 Å². The van der Waals surface area contributed by atoms with Gasteiger partial charge in [-0.2, -0.15) is 0 Å². The molecular formula is C12H21NO4. The van der Waals surface area contributed by atoms with E-state index in [0.29, 0.717) is 39.0 Å². The van der Waals surface area contributed by atoms with Gasteiger partial charge >= 0.3 is 0 Å². The Morgan fingerprint density at radius 2 is 2.12 bits per heavy atom. The summed E-state index contributed by atoms with van der Waals surface area (Å²) in [7, 11) is 0. The first-order valence-electron chi connectivity index (χ1n) is 6.36. The number of aliphatic hydroxyl groups is 1. The summed E-state index contributed by atoms with van der Waals surface area (Å²) in [5.74, 6) is -0.0307. The second-order valence-electron chi connectivity index (χ2n) is 4.95. The zero-order valence-corrected chi connectivity index (χ0v) is 10.1. The predicted molar refractivity (Wildman–Crippen MR) is 61.6 cm³/mol. The van der Waals surface area contributed by atoms with Crippen molar-refractivity contribution in [1.29, 1.82) is 0 Å². The van der Waals surface area contributed by atoms with Gasteiger partial charge in [-0.05, 0) is 12.8 Å². The second kappa shape index (κ2) is 5.80. The number of hydrogen-bond acceptors (Lipinski definition) is 4. The van der Waals surface area contributed by atoms with Crippen LogP contribution in [0.2, 0.25) is 0 Å². The fourth-order valence-electron chi connectivity index (χ4n) is 2.28. The monoisotopic (exact) mass is 243 g/mol. The van der Waals surface area contributed by atoms with Crippen LogP contribution >= 0.6 is 0 Å². The van der Waals surface area contributed by atoms with E-state index in [4.69, 9.17) is 9.47 Å². The van der Waals surface area contributed by atoms with E-state index in [1.165, 1.54) is 0 Å². The lowest BCUT2D eigenvalue weighted by atomic mass is 9.94. The van der Waals surface area contributed by atoms with E-state index in [1.807, 2.05) is 0 Å². The highest BCUT2D eigenvalue weighted by atomic mass is 16.5. The maximum absolute atomic E-state index is 11.7. The molecule has 0 bridgehead atoms. The van der Waals surface area contributed by atoms with Crippen LogP contribution < -0.4 is 5.32 Å². The third-order valence-corrected chi connectivity index (χ3v) is 3.48. The standard InChI is InChI=1S/C12H21NO4/c14-11(8-10-2-1-5-17-10)13-9-12(15)3-6-16-7-4-12/h10,15H,1-9H2,(H,13,14). The topological polar surface area (TPSA) is 67.8 Å². The average Bonchev–Trinajstić information content (AvgIpc) is 2.80. The van der Waals surface area contributed by atoms with E-state index < -0.39 is 5.60 Å². The third-order valence-electron chi connectivity index (χ3n) is 3.48. The van der Waals surface area contributed by atoms with E-state index in [2.05, 4.69) is 5.32 Å². The van der Waals surface area contributed by atoms with Crippen molar-refractivity contribution in [2.24, 2.45) is 0 Å². The lowest BCUT2D eigenvalue weighted by Crippen LogP contribution is -2.47. The van der Waals surface area contributed by atoms with Crippen LogP contribution in [-0.2, 0) is 14.3 Å². The third kappa shape index (κ3) is 3.94. The maximum atomic E-state index is 11.7. The molecular weight excluding hydrogens is 222 g/mol. The van der Waals surface area contributed by atoms with E-state index in [-0.39, 0.29) is 12.0 Å². The van der Waals surface area contributed by atoms with Crippen molar-refractivity contribution < 1.29 is 19.4 Å². The molecule has 1 atom stereocenters. The molecule has 0 radical (unpaired) electrons. The summed E-state index contributed by atoms with van der Waals surface area (Å²) in [6, 6.07) is 0. The molecule has 2 aliphatic rings. The Morgan fingerprint density at radius 3 is 2.76 bits per heavy atom. The first-order valence-corrected chi connectivity index (χ1v) is 6.36. The van der Waals surface area contributed by atoms with Crippen LogP contribution in [0.4, 0.5) is 0 Å². The molecule has 2 aliphatic heterocycles. The number of ether oxygens (including phenoxy) is 2. The predicted octanol–water partition coefficient (Wildman–Crippen LogP) is 0.213. The van der Waals surface area contributed by atoms with Crippen molar-refractivity contribution >= 4 is 5.91 Å². The molecule has 2 rings (SSSR count). The molecule has 0 aromatic heterocycles. The highest BCUT2D eigenvalue weighted by molar-refractivity contribution is 5.76. The van der Waals surface area contributed by atoms with Crippen molar-refractivity contribution in [3.8, 4) is 0 Å². The largest absolute Gasteiger partial charge is 0.388 e. The van der Waals surface area contributed by atoms with Crippen molar-refractivity contribution in [3.05, 3.63) is 0 Å². The zero-order chi connectivity index (χ0) is 12.1. The van der Waals surface area contributed by atoms with Gasteiger partial charge in [0.25, 0.3) is 0 Å². The Bertz CT molecular complexity index is 257. The molecule has 0 aliphatic carbocycles. The number of nitrogens with one attached hydrogen (secondary N) is 1. The van der Waals surface area contributed by atoms with Crippen molar-refractivity contribution in [2.45, 2.75) is 43.8 Å². The van der Waals surface area contributed by atoms with Gasteiger partial charge < -0.3 is 19.9 Å². The van der Waals surface area contributed by atoms with E-state index in [1.54, 1.807) is 0 Å². The second-order valence-corrected chi connectivity index (χ2v) is 4.95. The number of hydrogen-bond donors (Lipinski definition) is 2. The summed E-state index contributed by atoms with van der Waals surface area (Å²) in [6.45, 7) is 2.22. The lowest BCUT2D eigenvalue weighted by molar-refractivity contribution is -0.126. The SMILES string of the molecule is O=C(CC1CCCO1)NCC1(O)CCOCC1. The summed E-state index contributed by atoms with van der Waals surface area (Å²) < 4.78 is 10.6. The van der Waals surface area contributed by atoms with Crippen LogP contribution in [0.1, 0.15) is 32.1 Å². The van der Waals surface area contributed by atoms with Gasteiger partial charge in [-0.3, -0.25) is 4.79 Å². The van der Waals surface area contributed by atoms with Gasteiger partial charge in [0.2, 0.25) is 5.91 Å². The molecule has 2 fully saturated rings. The fraction of sp³-hybridized carbons (Fsp3) is 0.917. The van der Waals surface area contributed by atoms with Crippen molar-refractivity contribution in [2.75, 3.05) is 26.4 Å². The molecule has 0 aromatic carbocycles. The summed E-state index contributed by atoms with van der Waals surface area (Å²) in [5, 5.41) is 13.0. The number of carbonyl (C=O) groups excluding carboxylic acids is 1. The molecule has 2 N–H and O–H groups in total. The van der Waals surface area contributed by atoms with Gasteiger partial charge in [-0.25, -0.2) is 0 Å². The summed E-state index contributed by atoms with van der Waals surface area (Å²) in [6.07, 6.45) is 3.66. The van der Waals surface area contributed by atoms with Gasteiger partial charge in [0, 0.05) is 39.2 Å². The lowest BCUT2D eigenvalue weighted by Gasteiger charge is -2.32. The normalized spacial score (nSPS) is 27.9. The van der Waals surface area contributed by atoms with Crippen LogP contribution in [0.15, 0.2) is 0 Å². The van der Waals surface area contributed by atoms with E-state index in [9.17, 15) is 9.90 Å². The van der Waals surface area contributed by atoms with Crippen LogP contribution in [0.25, 0.3) is 0 Å². The van der Waals surface area contributed by atoms with Crippen LogP contribution in [0, 0.1) is 0 Å². The molecule has 0 aromatic rings. The molecule has 5 heteroatoms. The van der Waals surface area contributed by atoms with Crippen LogP contribution in [0.5, 0.6) is 0 Å². The Balaban J connectivity index is 1.67. The summed E-state index contributed by atoms with van der Waals surface area (Å²) in [4.78, 5) is 11.7. The van der Waals surface area contributed by atoms with Gasteiger partial charge in [-0.1, -0.05) is 0 Å². The zero-order valence-electron chi connectivity index (χ0n) is 10.1. The van der Waals surface area contributed by atoms with Gasteiger partial charge in [0.1, 0.15) is 0 Å². The first kappa shape index (κ1) is 12.8. The average molecular weight is 243 g/mol. The number of carbonyl (C=O) groups is 1. The molecule has 0 spiro atoms. The van der Waals surface area contributed by atoms with Gasteiger partial charge in [0.15, 0.2) is 0 Å². The molecule has 17 heavy (non-hydrogen) atoms. The molecule has 2 heterocycles. The minimum atomic E-state index is -0.787. The maximum Gasteiger partial charge on any atom is 0.222 e. The molecule has 2 saturated heterocycles. The van der Waals surface area contributed by atoms with Crippen LogP contribution in [0.3, 0.4) is 0 Å². The minimum absolute atomic E-state index is 0.0307. The van der Waals surface area contributed by atoms with Crippen LogP contribution in [-0.4, -0.2) is 49.1 Å². The number of amides is 1. The number of rotatable bonds is 4. The Kier molecular flexibility index (Phi) is 4.36.